The normalized spacial score (nSPS) is 9.80. The molecule has 0 aliphatic rings. The molecule has 0 atom stereocenters. The molecule has 1 amide bonds. The van der Waals surface area contributed by atoms with Crippen LogP contribution in [0, 0.1) is 0 Å². The Kier molecular flexibility index (Phi) is 4.12. The average Bonchev–Trinajstić information content (AvgIpc) is 2.28. The lowest BCUT2D eigenvalue weighted by Crippen LogP contribution is -2.28. The summed E-state index contributed by atoms with van der Waals surface area (Å²) >= 11 is 0. The number of ether oxygens (including phenoxy) is 1. The van der Waals surface area contributed by atoms with Crippen LogP contribution in [0.5, 0.6) is 0 Å². The predicted octanol–water partition coefficient (Wildman–Crippen LogP) is 1.74. The van der Waals surface area contributed by atoms with Gasteiger partial charge in [-0.3, -0.25) is 4.90 Å². The molecule has 0 unspecified atom stereocenters. The van der Waals surface area contributed by atoms with Crippen LogP contribution in [0.15, 0.2) is 24.3 Å². The smallest absolute Gasteiger partial charge is 0.414 e. The molecule has 1 rings (SSSR count). The highest BCUT2D eigenvalue weighted by Gasteiger charge is 2.13. The summed E-state index contributed by atoms with van der Waals surface area (Å²) in [5.74, 6) is 0. The van der Waals surface area contributed by atoms with Gasteiger partial charge in [-0.2, -0.15) is 0 Å². The van der Waals surface area contributed by atoms with Crippen molar-refractivity contribution < 1.29 is 9.53 Å². The number of hydrogen-bond donors (Lipinski definition) is 1. The van der Waals surface area contributed by atoms with Crippen LogP contribution in [-0.4, -0.2) is 19.7 Å². The van der Waals surface area contributed by atoms with Gasteiger partial charge in [0.15, 0.2) is 0 Å². The van der Waals surface area contributed by atoms with Crippen LogP contribution in [-0.2, 0) is 11.3 Å². The summed E-state index contributed by atoms with van der Waals surface area (Å²) in [4.78, 5) is 12.9. The third kappa shape index (κ3) is 2.70. The zero-order chi connectivity index (χ0) is 11.3. The molecule has 1 aromatic rings. The minimum Gasteiger partial charge on any atom is -0.449 e. The molecular formula is C11H16N2O2. The lowest BCUT2D eigenvalue weighted by atomic mass is 10.1. The first kappa shape index (κ1) is 11.5. The number of anilines is 1. The first-order chi connectivity index (χ1) is 7.20. The van der Waals surface area contributed by atoms with E-state index in [1.165, 1.54) is 4.90 Å². The molecule has 0 bridgehead atoms. The summed E-state index contributed by atoms with van der Waals surface area (Å²) in [6.07, 6.45) is -0.363. The summed E-state index contributed by atoms with van der Waals surface area (Å²) in [6.45, 7) is 2.55. The lowest BCUT2D eigenvalue weighted by molar-refractivity contribution is 0.161. The van der Waals surface area contributed by atoms with E-state index in [-0.39, 0.29) is 6.09 Å². The number of amides is 1. The topological polar surface area (TPSA) is 55.6 Å². The van der Waals surface area contributed by atoms with Crippen LogP contribution in [0.2, 0.25) is 0 Å². The first-order valence-electron chi connectivity index (χ1n) is 4.89. The molecule has 0 fully saturated rings. The molecular weight excluding hydrogens is 192 g/mol. The summed E-state index contributed by atoms with van der Waals surface area (Å²) in [6, 6.07) is 7.50. The van der Waals surface area contributed by atoms with Crippen LogP contribution in [0.4, 0.5) is 10.5 Å². The van der Waals surface area contributed by atoms with Crippen molar-refractivity contribution in [1.29, 1.82) is 0 Å². The monoisotopic (exact) mass is 208 g/mol. The molecule has 4 heteroatoms. The number of carbonyl (C=O) groups is 1. The van der Waals surface area contributed by atoms with E-state index in [0.717, 1.165) is 11.3 Å². The van der Waals surface area contributed by atoms with Gasteiger partial charge in [-0.05, 0) is 18.6 Å². The number of hydrogen-bond acceptors (Lipinski definition) is 3. The Bertz CT molecular complexity index is 339. The Labute approximate surface area is 89.6 Å². The van der Waals surface area contributed by atoms with Crippen molar-refractivity contribution in [2.45, 2.75) is 13.5 Å². The molecule has 82 valence electrons. The highest BCUT2D eigenvalue weighted by Crippen LogP contribution is 2.19. The second kappa shape index (κ2) is 5.36. The molecule has 0 aliphatic heterocycles. The van der Waals surface area contributed by atoms with Crippen molar-refractivity contribution in [3.63, 3.8) is 0 Å². The van der Waals surface area contributed by atoms with Crippen molar-refractivity contribution in [1.82, 2.24) is 0 Å². The molecule has 0 heterocycles. The van der Waals surface area contributed by atoms with Crippen LogP contribution in [0.3, 0.4) is 0 Å². The second-order valence-corrected chi connectivity index (χ2v) is 3.09. The Morgan fingerprint density at radius 1 is 1.47 bits per heavy atom. The molecule has 1 aromatic carbocycles. The SMILES string of the molecule is CCOC(=O)N(C)c1ccccc1CN. The van der Waals surface area contributed by atoms with E-state index in [1.54, 1.807) is 14.0 Å². The molecule has 0 spiro atoms. The Hall–Kier alpha value is -1.55. The average molecular weight is 208 g/mol. The molecule has 4 nitrogen and oxygen atoms in total. The number of para-hydroxylation sites is 1. The van der Waals surface area contributed by atoms with Gasteiger partial charge in [0.2, 0.25) is 0 Å². The molecule has 0 saturated carbocycles. The number of benzene rings is 1. The van der Waals surface area contributed by atoms with Gasteiger partial charge in [0.05, 0.1) is 12.3 Å². The maximum absolute atomic E-state index is 11.5. The van der Waals surface area contributed by atoms with E-state index in [1.807, 2.05) is 24.3 Å². The molecule has 0 aromatic heterocycles. The van der Waals surface area contributed by atoms with E-state index in [0.29, 0.717) is 13.2 Å². The van der Waals surface area contributed by atoms with E-state index >= 15 is 0 Å². The van der Waals surface area contributed by atoms with Crippen molar-refractivity contribution in [2.75, 3.05) is 18.6 Å². The highest BCUT2D eigenvalue weighted by atomic mass is 16.6. The van der Waals surface area contributed by atoms with Crippen LogP contribution >= 0.6 is 0 Å². The fraction of sp³-hybridized carbons (Fsp3) is 0.364. The summed E-state index contributed by atoms with van der Waals surface area (Å²) in [5, 5.41) is 0. The molecule has 0 radical (unpaired) electrons. The van der Waals surface area contributed by atoms with Crippen molar-refractivity contribution in [3.05, 3.63) is 29.8 Å². The van der Waals surface area contributed by atoms with Crippen molar-refractivity contribution >= 4 is 11.8 Å². The van der Waals surface area contributed by atoms with Crippen LogP contribution in [0.25, 0.3) is 0 Å². The predicted molar refractivity (Wildman–Crippen MR) is 59.8 cm³/mol. The number of nitrogens with two attached hydrogens (primary N) is 1. The third-order valence-corrected chi connectivity index (χ3v) is 2.11. The zero-order valence-electron chi connectivity index (χ0n) is 9.06. The lowest BCUT2D eigenvalue weighted by Gasteiger charge is -2.19. The summed E-state index contributed by atoms with van der Waals surface area (Å²) in [7, 11) is 1.67. The number of nitrogens with zero attached hydrogens (tertiary/aromatic N) is 1. The van der Waals surface area contributed by atoms with Crippen molar-refractivity contribution in [2.24, 2.45) is 5.73 Å². The Morgan fingerprint density at radius 2 is 2.13 bits per heavy atom. The largest absolute Gasteiger partial charge is 0.449 e. The van der Waals surface area contributed by atoms with Gasteiger partial charge in [0.1, 0.15) is 0 Å². The van der Waals surface area contributed by atoms with E-state index in [9.17, 15) is 4.79 Å². The van der Waals surface area contributed by atoms with Gasteiger partial charge < -0.3 is 10.5 Å². The number of carbonyl (C=O) groups excluding carboxylic acids is 1. The fourth-order valence-electron chi connectivity index (χ4n) is 1.33. The quantitative estimate of drug-likeness (QED) is 0.823. The first-order valence-corrected chi connectivity index (χ1v) is 4.89. The second-order valence-electron chi connectivity index (χ2n) is 3.09. The maximum atomic E-state index is 11.5. The third-order valence-electron chi connectivity index (χ3n) is 2.11. The minimum absolute atomic E-state index is 0.363. The molecule has 0 aliphatic carbocycles. The van der Waals surface area contributed by atoms with Gasteiger partial charge >= 0.3 is 6.09 Å². The van der Waals surface area contributed by atoms with Gasteiger partial charge in [-0.15, -0.1) is 0 Å². The van der Waals surface area contributed by atoms with Gasteiger partial charge in [0.25, 0.3) is 0 Å². The molecule has 2 N–H and O–H groups in total. The Balaban J connectivity index is 2.89. The van der Waals surface area contributed by atoms with E-state index in [2.05, 4.69) is 0 Å². The number of rotatable bonds is 3. The van der Waals surface area contributed by atoms with E-state index < -0.39 is 0 Å². The van der Waals surface area contributed by atoms with Gasteiger partial charge in [0, 0.05) is 13.6 Å². The standard InChI is InChI=1S/C11H16N2O2/c1-3-15-11(14)13(2)10-7-5-4-6-9(10)8-12/h4-7H,3,8,12H2,1-2H3. The summed E-state index contributed by atoms with van der Waals surface area (Å²) < 4.78 is 4.90. The zero-order valence-corrected chi connectivity index (χ0v) is 9.06. The molecule has 0 saturated heterocycles. The minimum atomic E-state index is -0.363. The Morgan fingerprint density at radius 3 is 2.73 bits per heavy atom. The highest BCUT2D eigenvalue weighted by molar-refractivity contribution is 5.87. The van der Waals surface area contributed by atoms with Crippen molar-refractivity contribution in [3.8, 4) is 0 Å². The van der Waals surface area contributed by atoms with Gasteiger partial charge in [-0.1, -0.05) is 18.2 Å². The summed E-state index contributed by atoms with van der Waals surface area (Å²) in [5.41, 5.74) is 7.30. The van der Waals surface area contributed by atoms with Crippen LogP contribution < -0.4 is 10.6 Å². The maximum Gasteiger partial charge on any atom is 0.414 e. The fourth-order valence-corrected chi connectivity index (χ4v) is 1.33. The molecule has 15 heavy (non-hydrogen) atoms. The van der Waals surface area contributed by atoms with Crippen LogP contribution in [0.1, 0.15) is 12.5 Å². The van der Waals surface area contributed by atoms with E-state index in [4.69, 9.17) is 10.5 Å². The van der Waals surface area contributed by atoms with Gasteiger partial charge in [-0.25, -0.2) is 4.79 Å².